The number of anilines is 1. The Morgan fingerprint density at radius 3 is 2.90 bits per heavy atom. The summed E-state index contributed by atoms with van der Waals surface area (Å²) in [6.45, 7) is 1.76. The standard InChI is InChI=1S/C13H13N5O2/c1-8-14-13(17-16-8)15-12(19)11-7-10(18-20-11)9-5-3-2-4-6-9/h2-6,11H,7H2,1H3,(H2,14,15,16,17,19). The first-order valence-corrected chi connectivity index (χ1v) is 6.20. The Kier molecular flexibility index (Phi) is 3.16. The van der Waals surface area contributed by atoms with Crippen LogP contribution in [0.4, 0.5) is 5.95 Å². The summed E-state index contributed by atoms with van der Waals surface area (Å²) in [7, 11) is 0. The monoisotopic (exact) mass is 271 g/mol. The molecule has 7 heteroatoms. The molecule has 0 saturated heterocycles. The van der Waals surface area contributed by atoms with Crippen LogP contribution in [0.1, 0.15) is 17.8 Å². The minimum absolute atomic E-state index is 0.240. The quantitative estimate of drug-likeness (QED) is 0.878. The summed E-state index contributed by atoms with van der Waals surface area (Å²) >= 11 is 0. The van der Waals surface area contributed by atoms with Gasteiger partial charge >= 0.3 is 0 Å². The molecule has 2 N–H and O–H groups in total. The van der Waals surface area contributed by atoms with Crippen LogP contribution in [-0.4, -0.2) is 32.9 Å². The molecule has 2 heterocycles. The van der Waals surface area contributed by atoms with Gasteiger partial charge in [-0.3, -0.25) is 15.2 Å². The fourth-order valence-electron chi connectivity index (χ4n) is 1.91. The summed E-state index contributed by atoms with van der Waals surface area (Å²) in [5.74, 6) is 0.566. The number of aromatic nitrogens is 3. The first kappa shape index (κ1) is 12.3. The summed E-state index contributed by atoms with van der Waals surface area (Å²) in [6, 6.07) is 9.63. The van der Waals surface area contributed by atoms with Crippen molar-refractivity contribution in [1.29, 1.82) is 0 Å². The van der Waals surface area contributed by atoms with Crippen molar-refractivity contribution in [3.8, 4) is 0 Å². The van der Waals surface area contributed by atoms with Crippen LogP contribution in [0.2, 0.25) is 0 Å². The maximum Gasteiger partial charge on any atom is 0.271 e. The molecule has 1 aliphatic heterocycles. The van der Waals surface area contributed by atoms with E-state index in [2.05, 4.69) is 25.7 Å². The molecule has 0 fully saturated rings. The van der Waals surface area contributed by atoms with Crippen molar-refractivity contribution in [2.75, 3.05) is 5.32 Å². The van der Waals surface area contributed by atoms with Crippen molar-refractivity contribution in [2.24, 2.45) is 5.16 Å². The number of hydrogen-bond donors (Lipinski definition) is 2. The summed E-state index contributed by atoms with van der Waals surface area (Å²) in [5, 5.41) is 13.0. The summed E-state index contributed by atoms with van der Waals surface area (Å²) in [5.41, 5.74) is 1.72. The maximum atomic E-state index is 12.0. The molecule has 2 aromatic rings. The number of nitrogens with one attached hydrogen (secondary N) is 2. The Bertz CT molecular complexity index is 650. The van der Waals surface area contributed by atoms with E-state index in [0.717, 1.165) is 11.3 Å². The first-order chi connectivity index (χ1) is 9.72. The Morgan fingerprint density at radius 1 is 1.40 bits per heavy atom. The van der Waals surface area contributed by atoms with Gasteiger partial charge in [-0.25, -0.2) is 0 Å². The van der Waals surface area contributed by atoms with Crippen molar-refractivity contribution < 1.29 is 9.63 Å². The molecule has 7 nitrogen and oxygen atoms in total. The Balaban J connectivity index is 1.62. The lowest BCUT2D eigenvalue weighted by atomic mass is 10.1. The third kappa shape index (κ3) is 2.51. The average Bonchev–Trinajstić information content (AvgIpc) is 3.09. The minimum atomic E-state index is -0.649. The molecule has 1 atom stereocenters. The van der Waals surface area contributed by atoms with E-state index in [1.807, 2.05) is 30.3 Å². The van der Waals surface area contributed by atoms with Gasteiger partial charge in [0.05, 0.1) is 5.71 Å². The van der Waals surface area contributed by atoms with Gasteiger partial charge in [-0.15, -0.1) is 5.10 Å². The third-order valence-corrected chi connectivity index (χ3v) is 2.90. The number of carbonyl (C=O) groups excluding carboxylic acids is 1. The van der Waals surface area contributed by atoms with Crippen molar-refractivity contribution in [3.63, 3.8) is 0 Å². The van der Waals surface area contributed by atoms with Crippen molar-refractivity contribution in [3.05, 3.63) is 41.7 Å². The number of oxime groups is 1. The number of aromatic amines is 1. The van der Waals surface area contributed by atoms with E-state index in [4.69, 9.17) is 4.84 Å². The minimum Gasteiger partial charge on any atom is -0.382 e. The van der Waals surface area contributed by atoms with Crippen LogP contribution in [0.25, 0.3) is 0 Å². The predicted molar refractivity (Wildman–Crippen MR) is 72.2 cm³/mol. The van der Waals surface area contributed by atoms with Gasteiger partial charge < -0.3 is 4.84 Å². The van der Waals surface area contributed by atoms with Crippen LogP contribution in [0.5, 0.6) is 0 Å². The smallest absolute Gasteiger partial charge is 0.271 e. The molecule has 102 valence electrons. The highest BCUT2D eigenvalue weighted by Crippen LogP contribution is 2.17. The average molecular weight is 271 g/mol. The second-order valence-corrected chi connectivity index (χ2v) is 4.44. The number of carbonyl (C=O) groups is 1. The second kappa shape index (κ2) is 5.12. The summed E-state index contributed by atoms with van der Waals surface area (Å²) in [6.07, 6.45) is -0.219. The zero-order valence-corrected chi connectivity index (χ0v) is 10.8. The number of benzene rings is 1. The maximum absolute atomic E-state index is 12.0. The zero-order valence-electron chi connectivity index (χ0n) is 10.8. The number of aryl methyl sites for hydroxylation is 1. The molecule has 0 spiro atoms. The van der Waals surface area contributed by atoms with Crippen LogP contribution in [-0.2, 0) is 9.63 Å². The molecular weight excluding hydrogens is 258 g/mol. The lowest BCUT2D eigenvalue weighted by Crippen LogP contribution is -2.28. The Labute approximate surface area is 115 Å². The highest BCUT2D eigenvalue weighted by atomic mass is 16.6. The first-order valence-electron chi connectivity index (χ1n) is 6.20. The molecule has 20 heavy (non-hydrogen) atoms. The Morgan fingerprint density at radius 2 is 2.20 bits per heavy atom. The second-order valence-electron chi connectivity index (χ2n) is 4.44. The van der Waals surface area contributed by atoms with Crippen LogP contribution >= 0.6 is 0 Å². The van der Waals surface area contributed by atoms with E-state index in [9.17, 15) is 4.79 Å². The van der Waals surface area contributed by atoms with Gasteiger partial charge in [0, 0.05) is 6.42 Å². The van der Waals surface area contributed by atoms with Crippen LogP contribution in [0.15, 0.2) is 35.5 Å². The largest absolute Gasteiger partial charge is 0.382 e. The Hall–Kier alpha value is -2.70. The number of H-pyrrole nitrogens is 1. The molecule has 0 bridgehead atoms. The number of nitrogens with zero attached hydrogens (tertiary/aromatic N) is 3. The van der Waals surface area contributed by atoms with Gasteiger partial charge in [0.1, 0.15) is 5.82 Å². The van der Waals surface area contributed by atoms with Gasteiger partial charge in [-0.05, 0) is 12.5 Å². The van der Waals surface area contributed by atoms with Crippen molar-refractivity contribution in [1.82, 2.24) is 15.2 Å². The van der Waals surface area contributed by atoms with Crippen LogP contribution < -0.4 is 5.32 Å². The van der Waals surface area contributed by atoms with E-state index < -0.39 is 6.10 Å². The fourth-order valence-corrected chi connectivity index (χ4v) is 1.91. The molecule has 1 amide bonds. The molecule has 3 rings (SSSR count). The highest BCUT2D eigenvalue weighted by Gasteiger charge is 2.29. The SMILES string of the molecule is Cc1nc(NC(=O)C2CC(c3ccccc3)=NO2)n[nH]1. The van der Waals surface area contributed by atoms with E-state index >= 15 is 0 Å². The van der Waals surface area contributed by atoms with Gasteiger partial charge in [0.15, 0.2) is 0 Å². The van der Waals surface area contributed by atoms with Gasteiger partial charge in [0.2, 0.25) is 12.1 Å². The third-order valence-electron chi connectivity index (χ3n) is 2.90. The normalized spacial score (nSPS) is 17.4. The number of rotatable bonds is 3. The zero-order chi connectivity index (χ0) is 13.9. The molecule has 1 aliphatic rings. The number of hydrogen-bond acceptors (Lipinski definition) is 5. The van der Waals surface area contributed by atoms with E-state index in [-0.39, 0.29) is 11.9 Å². The molecule has 0 radical (unpaired) electrons. The number of amides is 1. The molecule has 1 unspecified atom stereocenters. The lowest BCUT2D eigenvalue weighted by Gasteiger charge is -2.06. The lowest BCUT2D eigenvalue weighted by molar-refractivity contribution is -0.125. The highest BCUT2D eigenvalue weighted by molar-refractivity contribution is 6.05. The van der Waals surface area contributed by atoms with Gasteiger partial charge in [0.25, 0.3) is 5.91 Å². The topological polar surface area (TPSA) is 92.3 Å². The molecule has 0 saturated carbocycles. The molecule has 0 aliphatic carbocycles. The molecule has 1 aromatic heterocycles. The van der Waals surface area contributed by atoms with Gasteiger partial charge in [-0.1, -0.05) is 35.5 Å². The van der Waals surface area contributed by atoms with Gasteiger partial charge in [-0.2, -0.15) is 4.98 Å². The van der Waals surface area contributed by atoms with E-state index in [0.29, 0.717) is 12.2 Å². The molecular formula is C13H13N5O2. The van der Waals surface area contributed by atoms with E-state index in [1.165, 1.54) is 0 Å². The van der Waals surface area contributed by atoms with Crippen LogP contribution in [0, 0.1) is 6.92 Å². The van der Waals surface area contributed by atoms with Crippen LogP contribution in [0.3, 0.4) is 0 Å². The van der Waals surface area contributed by atoms with Crippen molar-refractivity contribution in [2.45, 2.75) is 19.4 Å². The molecule has 1 aromatic carbocycles. The fraction of sp³-hybridized carbons (Fsp3) is 0.231. The summed E-state index contributed by atoms with van der Waals surface area (Å²) in [4.78, 5) is 21.2. The van der Waals surface area contributed by atoms with Crippen molar-refractivity contribution >= 4 is 17.6 Å². The summed E-state index contributed by atoms with van der Waals surface area (Å²) < 4.78 is 0. The van der Waals surface area contributed by atoms with E-state index in [1.54, 1.807) is 6.92 Å². The predicted octanol–water partition coefficient (Wildman–Crippen LogP) is 1.24.